The summed E-state index contributed by atoms with van der Waals surface area (Å²) in [4.78, 5) is 4.67. The molecule has 2 rings (SSSR count). The van der Waals surface area contributed by atoms with Crippen molar-refractivity contribution in [3.8, 4) is 0 Å². The highest BCUT2D eigenvalue weighted by Gasteiger charge is 2.20. The maximum atomic E-state index is 4.67. The fourth-order valence-corrected chi connectivity index (χ4v) is 2.63. The second-order valence-electron chi connectivity index (χ2n) is 5.79. The number of hydrogen-bond acceptors (Lipinski definition) is 3. The molecule has 1 heterocycles. The van der Waals surface area contributed by atoms with Gasteiger partial charge in [-0.25, -0.2) is 4.98 Å². The highest BCUT2D eigenvalue weighted by atomic mass is 32.1. The zero-order valence-corrected chi connectivity index (χ0v) is 11.4. The molecule has 16 heavy (non-hydrogen) atoms. The lowest BCUT2D eigenvalue weighted by Crippen LogP contribution is -2.16. The molecule has 1 fully saturated rings. The van der Waals surface area contributed by atoms with Crippen LogP contribution in [0.15, 0.2) is 5.38 Å². The first kappa shape index (κ1) is 12.1. The Hall–Kier alpha value is -0.410. The third kappa shape index (κ3) is 3.56. The van der Waals surface area contributed by atoms with Crippen LogP contribution >= 0.6 is 11.3 Å². The van der Waals surface area contributed by atoms with Gasteiger partial charge in [-0.2, -0.15) is 0 Å². The van der Waals surface area contributed by atoms with Crippen LogP contribution in [0.5, 0.6) is 0 Å². The van der Waals surface area contributed by atoms with Crippen molar-refractivity contribution in [3.63, 3.8) is 0 Å². The Labute approximate surface area is 102 Å². The van der Waals surface area contributed by atoms with Crippen molar-refractivity contribution in [2.45, 2.75) is 52.0 Å². The third-order valence-electron chi connectivity index (χ3n) is 3.02. The van der Waals surface area contributed by atoms with E-state index in [9.17, 15) is 0 Å². The van der Waals surface area contributed by atoms with E-state index in [-0.39, 0.29) is 5.41 Å². The minimum Gasteiger partial charge on any atom is -0.310 e. The van der Waals surface area contributed by atoms with Crippen LogP contribution in [0, 0.1) is 5.92 Å². The summed E-state index contributed by atoms with van der Waals surface area (Å²) in [5.41, 5.74) is 1.40. The summed E-state index contributed by atoms with van der Waals surface area (Å²) < 4.78 is 0. The topological polar surface area (TPSA) is 24.9 Å². The molecular formula is C13H22N2S. The maximum Gasteiger partial charge on any atom is 0.107 e. The van der Waals surface area contributed by atoms with Gasteiger partial charge in [-0.15, -0.1) is 11.3 Å². The van der Waals surface area contributed by atoms with Gasteiger partial charge in [0.05, 0.1) is 5.69 Å². The van der Waals surface area contributed by atoms with Crippen LogP contribution in [0.25, 0.3) is 0 Å². The Bertz CT molecular complexity index is 334. The smallest absolute Gasteiger partial charge is 0.107 e. The zero-order valence-electron chi connectivity index (χ0n) is 10.5. The van der Waals surface area contributed by atoms with Gasteiger partial charge >= 0.3 is 0 Å². The van der Waals surface area contributed by atoms with Crippen LogP contribution in [-0.2, 0) is 12.0 Å². The average molecular weight is 238 g/mol. The van der Waals surface area contributed by atoms with Gasteiger partial charge in [0.25, 0.3) is 0 Å². The summed E-state index contributed by atoms with van der Waals surface area (Å²) in [5, 5.41) is 6.90. The van der Waals surface area contributed by atoms with Crippen molar-refractivity contribution in [2.24, 2.45) is 5.92 Å². The molecule has 1 aromatic rings. The van der Waals surface area contributed by atoms with Crippen LogP contribution in [-0.4, -0.2) is 11.5 Å². The average Bonchev–Trinajstić information content (AvgIpc) is 2.88. The Kier molecular flexibility index (Phi) is 3.65. The largest absolute Gasteiger partial charge is 0.310 e. The molecule has 0 aromatic carbocycles. The molecule has 0 amide bonds. The molecule has 0 bridgehead atoms. The third-order valence-corrected chi connectivity index (χ3v) is 3.87. The molecule has 0 unspecified atom stereocenters. The lowest BCUT2D eigenvalue weighted by atomic mass is 9.93. The summed E-state index contributed by atoms with van der Waals surface area (Å²) >= 11 is 1.78. The Morgan fingerprint density at radius 1 is 1.44 bits per heavy atom. The van der Waals surface area contributed by atoms with Crippen molar-refractivity contribution in [1.82, 2.24) is 10.3 Å². The van der Waals surface area contributed by atoms with Crippen LogP contribution < -0.4 is 5.32 Å². The molecule has 90 valence electrons. The molecule has 0 saturated heterocycles. The first-order valence-corrected chi connectivity index (χ1v) is 7.09. The van der Waals surface area contributed by atoms with Crippen LogP contribution in [0.1, 0.15) is 50.7 Å². The van der Waals surface area contributed by atoms with Crippen molar-refractivity contribution < 1.29 is 0 Å². The number of nitrogens with zero attached hydrogens (tertiary/aromatic N) is 1. The van der Waals surface area contributed by atoms with E-state index in [0.717, 1.165) is 19.0 Å². The molecule has 1 saturated carbocycles. The second-order valence-corrected chi connectivity index (χ2v) is 6.73. The predicted octanol–water partition coefficient (Wildman–Crippen LogP) is 3.33. The maximum absolute atomic E-state index is 4.67. The van der Waals surface area contributed by atoms with E-state index in [4.69, 9.17) is 0 Å². The summed E-state index contributed by atoms with van der Waals surface area (Å²) in [6.07, 6.45) is 4.25. The molecule has 0 aliphatic heterocycles. The minimum atomic E-state index is 0.183. The van der Waals surface area contributed by atoms with Crippen molar-refractivity contribution in [2.75, 3.05) is 6.54 Å². The van der Waals surface area contributed by atoms with E-state index in [1.165, 1.54) is 30.0 Å². The van der Waals surface area contributed by atoms with E-state index < -0.39 is 0 Å². The van der Waals surface area contributed by atoms with Gasteiger partial charge in [0.15, 0.2) is 0 Å². The summed E-state index contributed by atoms with van der Waals surface area (Å²) in [6.45, 7) is 8.73. The molecule has 1 N–H and O–H groups in total. The van der Waals surface area contributed by atoms with E-state index in [1.54, 1.807) is 11.3 Å². The predicted molar refractivity (Wildman–Crippen MR) is 69.9 cm³/mol. The van der Waals surface area contributed by atoms with E-state index in [1.807, 2.05) is 0 Å². The van der Waals surface area contributed by atoms with Gasteiger partial charge in [0.2, 0.25) is 0 Å². The molecule has 0 atom stereocenters. The Morgan fingerprint density at radius 3 is 2.75 bits per heavy atom. The van der Waals surface area contributed by atoms with E-state index >= 15 is 0 Å². The van der Waals surface area contributed by atoms with Gasteiger partial charge < -0.3 is 5.32 Å². The van der Waals surface area contributed by atoms with E-state index in [0.29, 0.717) is 0 Å². The number of thiazole rings is 1. The highest BCUT2D eigenvalue weighted by molar-refractivity contribution is 7.09. The fraction of sp³-hybridized carbons (Fsp3) is 0.769. The molecule has 0 radical (unpaired) electrons. The first-order chi connectivity index (χ1) is 7.55. The number of rotatable bonds is 5. The Balaban J connectivity index is 1.73. The minimum absolute atomic E-state index is 0.183. The second kappa shape index (κ2) is 4.84. The van der Waals surface area contributed by atoms with Crippen molar-refractivity contribution in [1.29, 1.82) is 0 Å². The standard InChI is InChI=1S/C13H22N2S/c1-13(2,3)11-9-16-12(15-11)8-14-7-6-10-4-5-10/h9-10,14H,4-8H2,1-3H3. The fourth-order valence-electron chi connectivity index (χ4n) is 1.64. The lowest BCUT2D eigenvalue weighted by molar-refractivity contribution is 0.565. The molecular weight excluding hydrogens is 216 g/mol. The van der Waals surface area contributed by atoms with E-state index in [2.05, 4.69) is 36.5 Å². The Morgan fingerprint density at radius 2 is 2.19 bits per heavy atom. The zero-order chi connectivity index (χ0) is 11.6. The van der Waals surface area contributed by atoms with Gasteiger partial charge in [0, 0.05) is 17.3 Å². The van der Waals surface area contributed by atoms with Gasteiger partial charge in [-0.05, 0) is 18.9 Å². The lowest BCUT2D eigenvalue weighted by Gasteiger charge is -2.14. The molecule has 1 aromatic heterocycles. The number of hydrogen-bond donors (Lipinski definition) is 1. The van der Waals surface area contributed by atoms with Crippen molar-refractivity contribution in [3.05, 3.63) is 16.1 Å². The van der Waals surface area contributed by atoms with Gasteiger partial charge in [-0.3, -0.25) is 0 Å². The normalized spacial score (nSPS) is 16.7. The van der Waals surface area contributed by atoms with Gasteiger partial charge in [0.1, 0.15) is 5.01 Å². The van der Waals surface area contributed by atoms with Crippen LogP contribution in [0.2, 0.25) is 0 Å². The SMILES string of the molecule is CC(C)(C)c1csc(CNCCC2CC2)n1. The number of aromatic nitrogens is 1. The summed E-state index contributed by atoms with van der Waals surface area (Å²) in [7, 11) is 0. The molecule has 1 aliphatic carbocycles. The molecule has 0 spiro atoms. The van der Waals surface area contributed by atoms with Gasteiger partial charge in [-0.1, -0.05) is 33.6 Å². The summed E-state index contributed by atoms with van der Waals surface area (Å²) in [5.74, 6) is 1.02. The molecule has 3 heteroatoms. The highest BCUT2D eigenvalue weighted by Crippen LogP contribution is 2.31. The monoisotopic (exact) mass is 238 g/mol. The van der Waals surface area contributed by atoms with Crippen molar-refractivity contribution >= 4 is 11.3 Å². The number of nitrogens with one attached hydrogen (secondary N) is 1. The molecule has 1 aliphatic rings. The van der Waals surface area contributed by atoms with Crippen LogP contribution in [0.3, 0.4) is 0 Å². The molecule has 2 nitrogen and oxygen atoms in total. The van der Waals surface area contributed by atoms with Crippen LogP contribution in [0.4, 0.5) is 0 Å². The summed E-state index contributed by atoms with van der Waals surface area (Å²) in [6, 6.07) is 0. The first-order valence-electron chi connectivity index (χ1n) is 6.21. The quantitative estimate of drug-likeness (QED) is 0.796.